The van der Waals surface area contributed by atoms with Gasteiger partial charge in [-0.25, -0.2) is 4.98 Å². The number of rotatable bonds is 6. The van der Waals surface area contributed by atoms with E-state index in [0.717, 1.165) is 16.3 Å². The molecule has 9 heteroatoms. The summed E-state index contributed by atoms with van der Waals surface area (Å²) in [6.45, 7) is 0.547. The summed E-state index contributed by atoms with van der Waals surface area (Å²) in [6.07, 6.45) is 5.69. The summed E-state index contributed by atoms with van der Waals surface area (Å²) in [6, 6.07) is 7.61. The second kappa shape index (κ2) is 6.93. The van der Waals surface area contributed by atoms with Crippen molar-refractivity contribution in [1.29, 1.82) is 0 Å². The van der Waals surface area contributed by atoms with E-state index in [1.165, 1.54) is 0 Å². The van der Waals surface area contributed by atoms with Crippen LogP contribution in [0.2, 0.25) is 0 Å². The Hall–Kier alpha value is -1.26. The molecule has 1 fully saturated rings. The lowest BCUT2D eigenvalue weighted by Crippen LogP contribution is -2.34. The van der Waals surface area contributed by atoms with Crippen LogP contribution in [-0.2, 0) is 36.1 Å². The number of halogens is 1. The molecular formula is C15H17BrN2O5S. The van der Waals surface area contributed by atoms with Crippen molar-refractivity contribution in [3.63, 3.8) is 0 Å². The zero-order chi connectivity index (χ0) is 17.2. The molecule has 2 atom stereocenters. The molecule has 2 aromatic rings. The normalized spacial score (nSPS) is 24.3. The smallest absolute Gasteiger partial charge is 0.264 e. The summed E-state index contributed by atoms with van der Waals surface area (Å²) in [4.78, 5) is 4.03. The molecule has 0 amide bonds. The van der Waals surface area contributed by atoms with Crippen LogP contribution in [0.1, 0.15) is 5.56 Å². The predicted molar refractivity (Wildman–Crippen MR) is 89.7 cm³/mol. The number of imidazole rings is 1. The largest absolute Gasteiger partial charge is 0.342 e. The van der Waals surface area contributed by atoms with Gasteiger partial charge in [-0.15, -0.1) is 0 Å². The first kappa shape index (κ1) is 17.6. The Balaban J connectivity index is 1.82. The molecule has 1 aliphatic rings. The fourth-order valence-corrected chi connectivity index (χ4v) is 3.16. The van der Waals surface area contributed by atoms with Crippen molar-refractivity contribution in [2.75, 3.05) is 19.5 Å². The maximum atomic E-state index is 11.2. The van der Waals surface area contributed by atoms with Gasteiger partial charge in [0.2, 0.25) is 5.79 Å². The average molecular weight is 417 g/mol. The fraction of sp³-hybridized carbons (Fsp3) is 0.400. The summed E-state index contributed by atoms with van der Waals surface area (Å²) in [5, 5.41) is 0. The highest BCUT2D eigenvalue weighted by molar-refractivity contribution is 9.10. The second-order valence-electron chi connectivity index (χ2n) is 5.53. The van der Waals surface area contributed by atoms with E-state index in [-0.39, 0.29) is 13.2 Å². The van der Waals surface area contributed by atoms with Crippen LogP contribution in [-0.4, -0.2) is 43.5 Å². The zero-order valence-corrected chi connectivity index (χ0v) is 15.4. The van der Waals surface area contributed by atoms with Gasteiger partial charge in [0, 0.05) is 22.4 Å². The van der Waals surface area contributed by atoms with E-state index in [4.69, 9.17) is 13.7 Å². The molecule has 1 aromatic carbocycles. The Bertz CT molecular complexity index is 779. The molecule has 2 unspecified atom stereocenters. The minimum Gasteiger partial charge on any atom is -0.342 e. The lowest BCUT2D eigenvalue weighted by atomic mass is 10.1. The third kappa shape index (κ3) is 4.22. The summed E-state index contributed by atoms with van der Waals surface area (Å²) >= 11 is 3.41. The Labute approximate surface area is 148 Å². The lowest BCUT2D eigenvalue weighted by Gasteiger charge is -2.29. The molecule has 24 heavy (non-hydrogen) atoms. The molecule has 0 aliphatic carbocycles. The summed E-state index contributed by atoms with van der Waals surface area (Å²) in [5.74, 6) is -1.02. The van der Waals surface area contributed by atoms with Gasteiger partial charge in [-0.1, -0.05) is 28.1 Å². The van der Waals surface area contributed by atoms with Gasteiger partial charge in [0.15, 0.2) is 0 Å². The molecule has 0 N–H and O–H groups in total. The maximum Gasteiger partial charge on any atom is 0.264 e. The molecule has 0 saturated carbocycles. The number of ether oxygens (including phenoxy) is 2. The van der Waals surface area contributed by atoms with E-state index in [0.29, 0.717) is 6.54 Å². The molecule has 7 nitrogen and oxygen atoms in total. The van der Waals surface area contributed by atoms with Crippen LogP contribution in [0.5, 0.6) is 0 Å². The highest BCUT2D eigenvalue weighted by atomic mass is 79.9. The molecule has 1 aromatic heterocycles. The van der Waals surface area contributed by atoms with Gasteiger partial charge in [0.05, 0.1) is 32.3 Å². The van der Waals surface area contributed by atoms with Crippen molar-refractivity contribution in [3.05, 3.63) is 53.0 Å². The standard InChI is InChI=1S/C15H17BrN2O5S/c1-24(19,20)22-9-14-8-21-15(23-14,10-18-7-6-17-11-18)12-2-4-13(16)5-3-12/h2-7,11,14H,8-10H2,1H3. The second-order valence-corrected chi connectivity index (χ2v) is 8.09. The molecule has 3 rings (SSSR count). The molecule has 0 bridgehead atoms. The minimum atomic E-state index is -3.53. The van der Waals surface area contributed by atoms with Gasteiger partial charge in [-0.05, 0) is 12.1 Å². The van der Waals surface area contributed by atoms with Crippen LogP contribution in [0.4, 0.5) is 0 Å². The number of aromatic nitrogens is 2. The number of benzene rings is 1. The molecule has 130 valence electrons. The molecule has 0 spiro atoms. The molecule has 1 aliphatic heterocycles. The van der Waals surface area contributed by atoms with E-state index in [1.54, 1.807) is 12.5 Å². The zero-order valence-electron chi connectivity index (χ0n) is 13.0. The Morgan fingerprint density at radius 2 is 2.17 bits per heavy atom. The molecule has 2 heterocycles. The first-order chi connectivity index (χ1) is 11.4. The summed E-state index contributed by atoms with van der Waals surface area (Å²) in [7, 11) is -3.53. The van der Waals surface area contributed by atoms with Gasteiger partial charge in [0.1, 0.15) is 6.10 Å². The van der Waals surface area contributed by atoms with Gasteiger partial charge < -0.3 is 14.0 Å². The van der Waals surface area contributed by atoms with Crippen LogP contribution < -0.4 is 0 Å². The average Bonchev–Trinajstić information content (AvgIpc) is 3.16. The number of hydrogen-bond acceptors (Lipinski definition) is 6. The van der Waals surface area contributed by atoms with E-state index in [9.17, 15) is 8.42 Å². The summed E-state index contributed by atoms with van der Waals surface area (Å²) in [5.41, 5.74) is 0.834. The van der Waals surface area contributed by atoms with Gasteiger partial charge in [0.25, 0.3) is 10.1 Å². The van der Waals surface area contributed by atoms with Crippen LogP contribution >= 0.6 is 15.9 Å². The van der Waals surface area contributed by atoms with Crippen LogP contribution in [0.15, 0.2) is 47.5 Å². The highest BCUT2D eigenvalue weighted by Gasteiger charge is 2.44. The third-order valence-corrected chi connectivity index (χ3v) is 4.65. The van der Waals surface area contributed by atoms with E-state index < -0.39 is 22.0 Å². The van der Waals surface area contributed by atoms with Crippen molar-refractivity contribution in [1.82, 2.24) is 9.55 Å². The van der Waals surface area contributed by atoms with Crippen LogP contribution in [0.25, 0.3) is 0 Å². The predicted octanol–water partition coefficient (Wildman–Crippen LogP) is 1.89. The first-order valence-corrected chi connectivity index (χ1v) is 9.85. The summed E-state index contributed by atoms with van der Waals surface area (Å²) < 4.78 is 42.0. The van der Waals surface area contributed by atoms with Crippen LogP contribution in [0, 0.1) is 0 Å². The quantitative estimate of drug-likeness (QED) is 0.668. The van der Waals surface area contributed by atoms with Crippen LogP contribution in [0.3, 0.4) is 0 Å². The van der Waals surface area contributed by atoms with Crippen molar-refractivity contribution >= 4 is 26.0 Å². The number of nitrogens with zero attached hydrogens (tertiary/aromatic N) is 2. The Kier molecular flexibility index (Phi) is 5.07. The van der Waals surface area contributed by atoms with Crippen molar-refractivity contribution in [2.45, 2.75) is 18.4 Å². The van der Waals surface area contributed by atoms with E-state index in [1.807, 2.05) is 35.0 Å². The minimum absolute atomic E-state index is 0.0823. The van der Waals surface area contributed by atoms with Crippen molar-refractivity contribution in [3.8, 4) is 0 Å². The monoisotopic (exact) mass is 416 g/mol. The van der Waals surface area contributed by atoms with Crippen molar-refractivity contribution in [2.24, 2.45) is 0 Å². The highest BCUT2D eigenvalue weighted by Crippen LogP contribution is 2.36. The number of hydrogen-bond donors (Lipinski definition) is 0. The Morgan fingerprint density at radius 1 is 1.42 bits per heavy atom. The first-order valence-electron chi connectivity index (χ1n) is 7.24. The Morgan fingerprint density at radius 3 is 2.79 bits per heavy atom. The third-order valence-electron chi connectivity index (χ3n) is 3.56. The maximum absolute atomic E-state index is 11.2. The van der Waals surface area contributed by atoms with Gasteiger partial charge in [-0.2, -0.15) is 8.42 Å². The van der Waals surface area contributed by atoms with Crippen molar-refractivity contribution < 1.29 is 22.1 Å². The SMILES string of the molecule is CS(=O)(=O)OCC1COC(Cn2ccnc2)(c2ccc(Br)cc2)O1. The topological polar surface area (TPSA) is 79.7 Å². The van der Waals surface area contributed by atoms with Gasteiger partial charge >= 0.3 is 0 Å². The fourth-order valence-electron chi connectivity index (χ4n) is 2.50. The lowest BCUT2D eigenvalue weighted by molar-refractivity contribution is -0.189. The molecule has 0 radical (unpaired) electrons. The van der Waals surface area contributed by atoms with Gasteiger partial charge in [-0.3, -0.25) is 4.18 Å². The van der Waals surface area contributed by atoms with E-state index >= 15 is 0 Å². The van der Waals surface area contributed by atoms with E-state index in [2.05, 4.69) is 20.9 Å². The molecular weight excluding hydrogens is 400 g/mol. The molecule has 1 saturated heterocycles.